The molecule has 19 heavy (non-hydrogen) atoms. The molecule has 2 rings (SSSR count). The van der Waals surface area contributed by atoms with Crippen molar-refractivity contribution in [3.8, 4) is 0 Å². The molecule has 0 saturated carbocycles. The zero-order valence-corrected chi connectivity index (χ0v) is 10.7. The van der Waals surface area contributed by atoms with Crippen LogP contribution in [0.25, 0.3) is 0 Å². The Bertz CT molecular complexity index is 450. The Balaban J connectivity index is 1.86. The van der Waals surface area contributed by atoms with E-state index in [-0.39, 0.29) is 11.5 Å². The molecule has 1 atom stereocenters. The van der Waals surface area contributed by atoms with E-state index in [1.54, 1.807) is 0 Å². The van der Waals surface area contributed by atoms with Crippen LogP contribution >= 0.6 is 0 Å². The molecular weight excluding hydrogens is 244 g/mol. The highest BCUT2D eigenvalue weighted by molar-refractivity contribution is 5.95. The fraction of sp³-hybridized carbons (Fsp3) is 0.429. The van der Waals surface area contributed by atoms with Gasteiger partial charge in [-0.1, -0.05) is 6.42 Å². The number of aromatic carboxylic acids is 1. The average Bonchev–Trinajstić information content (AvgIpc) is 2.46. The highest BCUT2D eigenvalue weighted by Gasteiger charge is 2.14. The van der Waals surface area contributed by atoms with Crippen LogP contribution in [0.2, 0.25) is 0 Å². The lowest BCUT2D eigenvalue weighted by atomic mass is 10.0. The minimum absolute atomic E-state index is 0.163. The summed E-state index contributed by atoms with van der Waals surface area (Å²) in [5.41, 5.74) is 0.673. The summed E-state index contributed by atoms with van der Waals surface area (Å²) in [4.78, 5) is 22.6. The van der Waals surface area contributed by atoms with Gasteiger partial charge in [-0.25, -0.2) is 4.79 Å². The Kier molecular flexibility index (Phi) is 4.52. The number of hydrogen-bond acceptors (Lipinski definition) is 3. The molecule has 5 heteroatoms. The molecule has 0 bridgehead atoms. The molecule has 0 radical (unpaired) electrons. The van der Waals surface area contributed by atoms with Gasteiger partial charge in [0.2, 0.25) is 0 Å². The number of carbonyl (C=O) groups excluding carboxylic acids is 1. The molecule has 0 spiro atoms. The van der Waals surface area contributed by atoms with Crippen LogP contribution in [0.3, 0.4) is 0 Å². The lowest BCUT2D eigenvalue weighted by Crippen LogP contribution is -2.43. The van der Waals surface area contributed by atoms with Gasteiger partial charge in [-0.2, -0.15) is 0 Å². The molecule has 1 heterocycles. The summed E-state index contributed by atoms with van der Waals surface area (Å²) in [5.74, 6) is -1.15. The zero-order valence-electron chi connectivity index (χ0n) is 10.7. The summed E-state index contributed by atoms with van der Waals surface area (Å²) in [7, 11) is 0. The topological polar surface area (TPSA) is 78.4 Å². The second-order valence-electron chi connectivity index (χ2n) is 4.74. The van der Waals surface area contributed by atoms with Crippen LogP contribution in [0.5, 0.6) is 0 Å². The van der Waals surface area contributed by atoms with Crippen LogP contribution < -0.4 is 10.6 Å². The molecule has 1 fully saturated rings. The van der Waals surface area contributed by atoms with E-state index in [9.17, 15) is 9.59 Å². The number of amides is 1. The Morgan fingerprint density at radius 2 is 1.89 bits per heavy atom. The molecule has 3 N–H and O–H groups in total. The maximum absolute atomic E-state index is 11.9. The zero-order chi connectivity index (χ0) is 13.7. The summed E-state index contributed by atoms with van der Waals surface area (Å²) in [6.45, 7) is 1.62. The van der Waals surface area contributed by atoms with Crippen LogP contribution in [0.1, 0.15) is 40.0 Å². The number of nitrogens with one attached hydrogen (secondary N) is 2. The van der Waals surface area contributed by atoms with Gasteiger partial charge in [-0.05, 0) is 43.7 Å². The van der Waals surface area contributed by atoms with Crippen molar-refractivity contribution in [1.29, 1.82) is 0 Å². The van der Waals surface area contributed by atoms with Crippen molar-refractivity contribution in [2.24, 2.45) is 0 Å². The molecule has 0 aromatic heterocycles. The number of hydrogen-bond donors (Lipinski definition) is 3. The van der Waals surface area contributed by atoms with Gasteiger partial charge in [-0.3, -0.25) is 4.79 Å². The average molecular weight is 262 g/mol. The van der Waals surface area contributed by atoms with Crippen molar-refractivity contribution < 1.29 is 14.7 Å². The van der Waals surface area contributed by atoms with E-state index >= 15 is 0 Å². The largest absolute Gasteiger partial charge is 0.478 e. The monoisotopic (exact) mass is 262 g/mol. The van der Waals surface area contributed by atoms with Crippen molar-refractivity contribution in [1.82, 2.24) is 10.6 Å². The van der Waals surface area contributed by atoms with Crippen LogP contribution in [-0.4, -0.2) is 36.1 Å². The summed E-state index contributed by atoms with van der Waals surface area (Å²) in [6, 6.07) is 6.29. The van der Waals surface area contributed by atoms with Crippen LogP contribution in [0, 0.1) is 0 Å². The number of piperidine rings is 1. The molecule has 1 aromatic rings. The lowest BCUT2D eigenvalue weighted by Gasteiger charge is -2.23. The molecule has 1 aliphatic heterocycles. The molecule has 1 saturated heterocycles. The van der Waals surface area contributed by atoms with Crippen molar-refractivity contribution in [2.75, 3.05) is 13.1 Å². The second kappa shape index (κ2) is 6.33. The Hall–Kier alpha value is -1.88. The number of carboxylic acids is 1. The third-order valence-electron chi connectivity index (χ3n) is 3.32. The van der Waals surface area contributed by atoms with Crippen molar-refractivity contribution >= 4 is 11.9 Å². The van der Waals surface area contributed by atoms with Gasteiger partial charge in [-0.15, -0.1) is 0 Å². The molecule has 0 aliphatic carbocycles. The standard InChI is InChI=1S/C14H18N2O3/c17-13(16-9-12-3-1-2-8-15-12)10-4-6-11(7-5-10)14(18)19/h4-7,12,15H,1-3,8-9H2,(H,16,17)(H,18,19). The Morgan fingerprint density at radius 3 is 2.47 bits per heavy atom. The van der Waals surface area contributed by atoms with Crippen molar-refractivity contribution in [2.45, 2.75) is 25.3 Å². The van der Waals surface area contributed by atoms with Gasteiger partial charge in [0, 0.05) is 18.2 Å². The first-order valence-electron chi connectivity index (χ1n) is 6.52. The first-order valence-corrected chi connectivity index (χ1v) is 6.52. The fourth-order valence-corrected chi connectivity index (χ4v) is 2.18. The molecule has 1 amide bonds. The van der Waals surface area contributed by atoms with E-state index in [4.69, 9.17) is 5.11 Å². The fourth-order valence-electron chi connectivity index (χ4n) is 2.18. The Labute approximate surface area is 112 Å². The van der Waals surface area contributed by atoms with E-state index in [0.717, 1.165) is 13.0 Å². The van der Waals surface area contributed by atoms with Crippen LogP contribution in [0.15, 0.2) is 24.3 Å². The first kappa shape index (κ1) is 13.5. The van der Waals surface area contributed by atoms with E-state index < -0.39 is 5.97 Å². The molecule has 1 aliphatic rings. The summed E-state index contributed by atoms with van der Waals surface area (Å²) in [6.07, 6.45) is 3.47. The molecule has 1 unspecified atom stereocenters. The van der Waals surface area contributed by atoms with Gasteiger partial charge in [0.05, 0.1) is 5.56 Å². The minimum atomic E-state index is -0.988. The van der Waals surface area contributed by atoms with E-state index in [2.05, 4.69) is 10.6 Å². The quantitative estimate of drug-likeness (QED) is 0.763. The maximum atomic E-state index is 11.9. The first-order chi connectivity index (χ1) is 9.16. The van der Waals surface area contributed by atoms with Crippen molar-refractivity contribution in [3.05, 3.63) is 35.4 Å². The van der Waals surface area contributed by atoms with E-state index in [1.807, 2.05) is 0 Å². The maximum Gasteiger partial charge on any atom is 0.335 e. The number of benzene rings is 1. The third kappa shape index (κ3) is 3.79. The SMILES string of the molecule is O=C(O)c1ccc(C(=O)NCC2CCCCN2)cc1. The number of rotatable bonds is 4. The third-order valence-corrected chi connectivity index (χ3v) is 3.32. The predicted molar refractivity (Wildman–Crippen MR) is 71.4 cm³/mol. The summed E-state index contributed by atoms with van der Waals surface area (Å²) < 4.78 is 0. The second-order valence-corrected chi connectivity index (χ2v) is 4.74. The number of carboxylic acid groups (broad SMARTS) is 1. The Morgan fingerprint density at radius 1 is 1.21 bits per heavy atom. The van der Waals surface area contributed by atoms with Gasteiger partial charge >= 0.3 is 5.97 Å². The molecule has 102 valence electrons. The van der Waals surface area contributed by atoms with E-state index in [1.165, 1.54) is 37.1 Å². The smallest absolute Gasteiger partial charge is 0.335 e. The lowest BCUT2D eigenvalue weighted by molar-refractivity contribution is 0.0696. The molecule has 1 aromatic carbocycles. The van der Waals surface area contributed by atoms with Gasteiger partial charge < -0.3 is 15.7 Å². The van der Waals surface area contributed by atoms with Gasteiger partial charge in [0.15, 0.2) is 0 Å². The summed E-state index contributed by atoms with van der Waals surface area (Å²) in [5, 5.41) is 15.0. The minimum Gasteiger partial charge on any atom is -0.478 e. The summed E-state index contributed by atoms with van der Waals surface area (Å²) >= 11 is 0. The van der Waals surface area contributed by atoms with Gasteiger partial charge in [0.25, 0.3) is 5.91 Å². The highest BCUT2D eigenvalue weighted by atomic mass is 16.4. The normalized spacial score (nSPS) is 18.8. The predicted octanol–water partition coefficient (Wildman–Crippen LogP) is 1.26. The van der Waals surface area contributed by atoms with Gasteiger partial charge in [0.1, 0.15) is 0 Å². The number of carbonyl (C=O) groups is 2. The van der Waals surface area contributed by atoms with Crippen molar-refractivity contribution in [3.63, 3.8) is 0 Å². The molecular formula is C14H18N2O3. The molecule has 5 nitrogen and oxygen atoms in total. The van der Waals surface area contributed by atoms with Crippen LogP contribution in [-0.2, 0) is 0 Å². The van der Waals surface area contributed by atoms with E-state index in [0.29, 0.717) is 18.2 Å². The highest BCUT2D eigenvalue weighted by Crippen LogP contribution is 2.07. The van der Waals surface area contributed by atoms with Crippen LogP contribution in [0.4, 0.5) is 0 Å².